The molecule has 6 aliphatic heterocycles. The summed E-state index contributed by atoms with van der Waals surface area (Å²) in [7, 11) is 0. The van der Waals surface area contributed by atoms with Gasteiger partial charge in [-0.3, -0.25) is 9.59 Å². The van der Waals surface area contributed by atoms with Gasteiger partial charge in [-0.15, -0.1) is 0 Å². The van der Waals surface area contributed by atoms with Crippen molar-refractivity contribution in [3.05, 3.63) is 48.6 Å². The molecule has 6 aliphatic rings. The zero-order chi connectivity index (χ0) is 50.2. The number of aliphatic hydroxyl groups is 2. The molecule has 0 saturated carbocycles. The van der Waals surface area contributed by atoms with E-state index in [1.165, 1.54) is 103 Å². The predicted octanol–water partition coefficient (Wildman–Crippen LogP) is 11.2. The maximum atomic E-state index is 11.7. The number of allylic oxidation sites excluding steroid dienone is 4. The minimum absolute atomic E-state index is 0. The van der Waals surface area contributed by atoms with Crippen molar-refractivity contribution in [1.82, 2.24) is 0 Å². The van der Waals surface area contributed by atoms with Gasteiger partial charge in [0.05, 0.1) is 24.4 Å². The molecule has 0 aromatic heterocycles. The molecule has 0 radical (unpaired) electrons. The van der Waals surface area contributed by atoms with Gasteiger partial charge in [-0.1, -0.05) is 116 Å². The minimum Gasteiger partial charge on any atom is -0.462 e. The Balaban J connectivity index is 0.000000304. The van der Waals surface area contributed by atoms with Crippen LogP contribution in [0.4, 0.5) is 0 Å². The smallest absolute Gasteiger partial charge is 0.330 e. The number of esters is 4. The van der Waals surface area contributed by atoms with Crippen molar-refractivity contribution in [1.29, 1.82) is 0 Å². The fourth-order valence-corrected chi connectivity index (χ4v) is 10.9. The topological polar surface area (TPSA) is 183 Å². The third kappa shape index (κ3) is 21.9. The largest absolute Gasteiger partial charge is 0.462 e. The van der Waals surface area contributed by atoms with Crippen LogP contribution in [-0.4, -0.2) is 107 Å². The lowest BCUT2D eigenvalue weighted by Gasteiger charge is -2.41. The van der Waals surface area contributed by atoms with Crippen LogP contribution in [0.5, 0.6) is 0 Å². The first-order chi connectivity index (χ1) is 33.8. The van der Waals surface area contributed by atoms with Crippen molar-refractivity contribution in [2.24, 2.45) is 0 Å². The van der Waals surface area contributed by atoms with Crippen LogP contribution in [0.2, 0.25) is 0 Å². The van der Waals surface area contributed by atoms with Crippen LogP contribution in [0.15, 0.2) is 48.6 Å². The number of carbonyl (C=O) groups is 4. The summed E-state index contributed by atoms with van der Waals surface area (Å²) < 4.78 is 46.9. The molecule has 0 aromatic carbocycles. The lowest BCUT2D eigenvalue weighted by Crippen LogP contribution is -2.48. The van der Waals surface area contributed by atoms with Gasteiger partial charge in [0.15, 0.2) is 11.6 Å². The average Bonchev–Trinajstić information content (AvgIpc) is 3.81. The van der Waals surface area contributed by atoms with Crippen LogP contribution in [-0.2, 0) is 57.1 Å². The van der Waals surface area contributed by atoms with Crippen molar-refractivity contribution >= 4 is 23.9 Å². The van der Waals surface area contributed by atoms with E-state index in [2.05, 4.69) is 38.2 Å². The predicted molar refractivity (Wildman–Crippen MR) is 272 cm³/mol. The Kier molecular flexibility index (Phi) is 27.1. The average molecular weight is 1000 g/mol. The molecule has 4 fully saturated rings. The normalized spacial score (nSPS) is 30.6. The number of unbranched alkanes of at least 4 members (excludes halogenated alkanes) is 14. The van der Waals surface area contributed by atoms with Crippen LogP contribution < -0.4 is 0 Å². The highest BCUT2D eigenvalue weighted by atomic mass is 16.7. The molecule has 6 heterocycles. The van der Waals surface area contributed by atoms with Gasteiger partial charge in [0.1, 0.15) is 36.6 Å². The van der Waals surface area contributed by atoms with E-state index < -0.39 is 36.0 Å². The van der Waals surface area contributed by atoms with E-state index in [0.717, 1.165) is 51.4 Å². The van der Waals surface area contributed by atoms with E-state index in [1.54, 1.807) is 12.2 Å². The highest BCUT2D eigenvalue weighted by molar-refractivity contribution is 5.83. The summed E-state index contributed by atoms with van der Waals surface area (Å²) in [5, 5.41) is 21.2. The second-order valence-electron chi connectivity index (χ2n) is 20.5. The molecule has 0 aromatic rings. The van der Waals surface area contributed by atoms with Crippen LogP contribution >= 0.6 is 0 Å². The van der Waals surface area contributed by atoms with Gasteiger partial charge in [0, 0.05) is 64.5 Å². The van der Waals surface area contributed by atoms with Crippen molar-refractivity contribution in [3.63, 3.8) is 0 Å². The molecule has 14 heteroatoms. The lowest BCUT2D eigenvalue weighted by molar-refractivity contribution is -0.287. The number of fused-ring (bicyclic) bond motifs is 2. The molecule has 14 nitrogen and oxygen atoms in total. The summed E-state index contributed by atoms with van der Waals surface area (Å²) >= 11 is 0. The molecule has 2 spiro atoms. The number of ether oxygens (including phenoxy) is 8. The van der Waals surface area contributed by atoms with E-state index in [9.17, 15) is 29.4 Å². The lowest BCUT2D eigenvalue weighted by atomic mass is 9.91. The van der Waals surface area contributed by atoms with Gasteiger partial charge >= 0.3 is 23.9 Å². The minimum atomic E-state index is -0.973. The second kappa shape index (κ2) is 32.0. The number of hydrogen-bond acceptors (Lipinski definition) is 14. The maximum Gasteiger partial charge on any atom is 0.330 e. The molecule has 0 aliphatic carbocycles. The summed E-state index contributed by atoms with van der Waals surface area (Å²) in [5.41, 5.74) is 0. The van der Waals surface area contributed by atoms with Crippen LogP contribution in [0.3, 0.4) is 0 Å². The highest BCUT2D eigenvalue weighted by Crippen LogP contribution is 2.46. The quantitative estimate of drug-likeness (QED) is 0.0327. The summed E-state index contributed by atoms with van der Waals surface area (Å²) in [5.74, 6) is -3.34. The first-order valence-electron chi connectivity index (χ1n) is 27.3. The molecule has 12 unspecified atom stereocenters. The monoisotopic (exact) mass is 1000 g/mol. The molecule has 2 N–H and O–H groups in total. The fraction of sp³-hybridized carbons (Fsp3) is 0.789. The number of aliphatic hydroxyl groups excluding tert-OH is 2. The SMILES string of the molecule is C.CC/C=C/CCCCCCCCCC(CC1CC(O)CC2(CC3OC(=O)C=CC3O2)O1)OC(C)=O.CC/C=C/CCCCCCCCCC(O)CC1CC(OC(C)=O)CC2(CC3OC(=O)C=CC3O2)O1. The van der Waals surface area contributed by atoms with Crippen molar-refractivity contribution in [3.8, 4) is 0 Å². The Morgan fingerprint density at radius 2 is 1.11 bits per heavy atom. The third-order valence-electron chi connectivity index (χ3n) is 14.1. The Morgan fingerprint density at radius 3 is 1.62 bits per heavy atom. The van der Waals surface area contributed by atoms with Gasteiger partial charge in [-0.25, -0.2) is 9.59 Å². The standard InChI is InChI=1S/2C28H44O7.CH4/c1-3-4-5-6-7-8-9-10-11-12-13-14-23(32-21(2)29)18-24-17-22(30)19-28(34-24)20-26-25(35-28)15-16-27(31)33-26;1-3-4-5-6-7-8-9-10-11-12-13-14-22(30)17-23-18-24(32-21(2)29)19-28(34-23)20-26-25(35-28)15-16-27(31)33-26;/h2*4-5,15-16,22-26,30H,3,6-14,17-20H2,1-2H3;1H4/b2*5-4+;. The number of hydrogen-bond donors (Lipinski definition) is 2. The Labute approximate surface area is 426 Å². The molecule has 6 rings (SSSR count). The Morgan fingerprint density at radius 1 is 0.634 bits per heavy atom. The molecule has 404 valence electrons. The van der Waals surface area contributed by atoms with Gasteiger partial charge in [-0.05, 0) is 82.8 Å². The summed E-state index contributed by atoms with van der Waals surface area (Å²) in [6.45, 7) is 7.16. The number of rotatable bonds is 28. The molecule has 12 atom stereocenters. The van der Waals surface area contributed by atoms with Crippen molar-refractivity contribution in [2.45, 2.75) is 288 Å². The molecule has 0 amide bonds. The summed E-state index contributed by atoms with van der Waals surface area (Å²) in [4.78, 5) is 46.6. The zero-order valence-corrected chi connectivity index (χ0v) is 43.0. The molecule has 71 heavy (non-hydrogen) atoms. The molecular formula is C57H92O14. The van der Waals surface area contributed by atoms with E-state index >= 15 is 0 Å². The number of carbonyl (C=O) groups excluding carboxylic acids is 4. The van der Waals surface area contributed by atoms with Crippen molar-refractivity contribution in [2.75, 3.05) is 0 Å². The first kappa shape index (κ1) is 60.2. The first-order valence-corrected chi connectivity index (χ1v) is 27.3. The van der Waals surface area contributed by atoms with Crippen LogP contribution in [0.25, 0.3) is 0 Å². The maximum absolute atomic E-state index is 11.7. The van der Waals surface area contributed by atoms with Crippen LogP contribution in [0.1, 0.15) is 215 Å². The fourth-order valence-electron chi connectivity index (χ4n) is 10.9. The van der Waals surface area contributed by atoms with E-state index in [4.69, 9.17) is 37.9 Å². The van der Waals surface area contributed by atoms with E-state index in [1.807, 2.05) is 0 Å². The summed E-state index contributed by atoms with van der Waals surface area (Å²) in [6.07, 6.45) is 38.0. The van der Waals surface area contributed by atoms with Crippen molar-refractivity contribution < 1.29 is 67.3 Å². The second-order valence-corrected chi connectivity index (χ2v) is 20.5. The van der Waals surface area contributed by atoms with Gasteiger partial charge < -0.3 is 48.1 Å². The van der Waals surface area contributed by atoms with Gasteiger partial charge in [0.25, 0.3) is 0 Å². The Hall–Kier alpha value is -3.40. The molecule has 0 bridgehead atoms. The van der Waals surface area contributed by atoms with Crippen LogP contribution in [0, 0.1) is 0 Å². The molecule has 4 saturated heterocycles. The van der Waals surface area contributed by atoms with E-state index in [0.29, 0.717) is 51.4 Å². The van der Waals surface area contributed by atoms with Gasteiger partial charge in [0.2, 0.25) is 0 Å². The Bertz CT molecular complexity index is 1710. The zero-order valence-electron chi connectivity index (χ0n) is 43.0. The van der Waals surface area contributed by atoms with Gasteiger partial charge in [-0.2, -0.15) is 0 Å². The highest BCUT2D eigenvalue weighted by Gasteiger charge is 2.55. The van der Waals surface area contributed by atoms with E-state index in [-0.39, 0.29) is 67.9 Å². The summed E-state index contributed by atoms with van der Waals surface area (Å²) in [6, 6.07) is 0. The molecular weight excluding hydrogens is 909 g/mol. The third-order valence-corrected chi connectivity index (χ3v) is 14.1.